The van der Waals surface area contributed by atoms with Gasteiger partial charge in [0.1, 0.15) is 0 Å². The van der Waals surface area contributed by atoms with Gasteiger partial charge in [-0.1, -0.05) is 13.8 Å². The maximum Gasteiger partial charge on any atom is 0.233 e. The average molecular weight is 240 g/mol. The molecule has 1 aromatic heterocycles. The van der Waals surface area contributed by atoms with Gasteiger partial charge in [0.15, 0.2) is 0 Å². The van der Waals surface area contributed by atoms with Crippen LogP contribution in [-0.4, -0.2) is 19.0 Å². The van der Waals surface area contributed by atoms with E-state index in [9.17, 15) is 4.79 Å². The molecule has 4 heteroatoms. The summed E-state index contributed by atoms with van der Waals surface area (Å²) in [6.45, 7) is 8.17. The molecule has 0 radical (unpaired) electrons. The number of aryl methyl sites for hydroxylation is 1. The Morgan fingerprint density at radius 2 is 2.19 bits per heavy atom. The maximum atomic E-state index is 11.4. The van der Waals surface area contributed by atoms with Gasteiger partial charge in [0, 0.05) is 22.8 Å². The average Bonchev–Trinajstić information content (AvgIpc) is 2.61. The van der Waals surface area contributed by atoms with Crippen LogP contribution in [0.5, 0.6) is 0 Å². The van der Waals surface area contributed by atoms with E-state index in [1.165, 1.54) is 9.75 Å². The van der Waals surface area contributed by atoms with Crippen molar-refractivity contribution < 1.29 is 4.79 Å². The number of rotatable bonds is 6. The molecule has 0 bridgehead atoms. The fourth-order valence-electron chi connectivity index (χ4n) is 1.26. The number of carbonyl (C=O) groups is 1. The third kappa shape index (κ3) is 5.28. The molecule has 16 heavy (non-hydrogen) atoms. The Labute approximate surface area is 101 Å². The molecule has 0 aliphatic heterocycles. The van der Waals surface area contributed by atoms with E-state index in [2.05, 4.69) is 43.5 Å². The molecule has 0 atom stereocenters. The first-order valence-electron chi connectivity index (χ1n) is 5.60. The van der Waals surface area contributed by atoms with Crippen LogP contribution in [0.1, 0.15) is 23.6 Å². The maximum absolute atomic E-state index is 11.4. The molecular formula is C12H20N2OS. The van der Waals surface area contributed by atoms with Crippen molar-refractivity contribution in [3.05, 3.63) is 21.9 Å². The van der Waals surface area contributed by atoms with Crippen LogP contribution < -0.4 is 10.6 Å². The summed E-state index contributed by atoms with van der Waals surface area (Å²) < 4.78 is 0. The normalized spacial score (nSPS) is 10.8. The minimum absolute atomic E-state index is 0.0713. The molecule has 2 N–H and O–H groups in total. The summed E-state index contributed by atoms with van der Waals surface area (Å²) in [5.74, 6) is 0.575. The number of amides is 1. The Bertz CT molecular complexity index is 334. The van der Waals surface area contributed by atoms with E-state index in [1.54, 1.807) is 11.3 Å². The fourth-order valence-corrected chi connectivity index (χ4v) is 2.12. The van der Waals surface area contributed by atoms with E-state index in [0.29, 0.717) is 12.5 Å². The lowest BCUT2D eigenvalue weighted by Gasteiger charge is -2.07. The molecule has 1 rings (SSSR count). The lowest BCUT2D eigenvalue weighted by Crippen LogP contribution is -2.35. The van der Waals surface area contributed by atoms with Crippen LogP contribution in [0.2, 0.25) is 0 Å². The third-order valence-electron chi connectivity index (χ3n) is 2.09. The predicted octanol–water partition coefficient (Wildman–Crippen LogP) is 1.92. The van der Waals surface area contributed by atoms with Crippen molar-refractivity contribution in [2.45, 2.75) is 27.3 Å². The van der Waals surface area contributed by atoms with E-state index >= 15 is 0 Å². The summed E-state index contributed by atoms with van der Waals surface area (Å²) in [4.78, 5) is 14.0. The van der Waals surface area contributed by atoms with E-state index in [4.69, 9.17) is 0 Å². The highest BCUT2D eigenvalue weighted by atomic mass is 32.1. The standard InChI is InChI=1S/C12H20N2OS/c1-9(2)6-14-12(15)8-13-7-11-5-4-10(3)16-11/h4-5,9,13H,6-8H2,1-3H3,(H,14,15). The summed E-state index contributed by atoms with van der Waals surface area (Å²) in [6.07, 6.45) is 0. The second kappa shape index (κ2) is 6.66. The van der Waals surface area contributed by atoms with Gasteiger partial charge in [-0.3, -0.25) is 4.79 Å². The molecule has 0 saturated heterocycles. The highest BCUT2D eigenvalue weighted by molar-refractivity contribution is 7.11. The minimum Gasteiger partial charge on any atom is -0.355 e. The number of carbonyl (C=O) groups excluding carboxylic acids is 1. The van der Waals surface area contributed by atoms with Gasteiger partial charge in [-0.25, -0.2) is 0 Å². The van der Waals surface area contributed by atoms with E-state index in [1.807, 2.05) is 0 Å². The largest absolute Gasteiger partial charge is 0.355 e. The van der Waals surface area contributed by atoms with Crippen molar-refractivity contribution in [2.24, 2.45) is 5.92 Å². The van der Waals surface area contributed by atoms with Crippen LogP contribution in [0.25, 0.3) is 0 Å². The molecule has 0 aromatic carbocycles. The van der Waals surface area contributed by atoms with E-state index in [-0.39, 0.29) is 5.91 Å². The number of thiophene rings is 1. The molecule has 0 aliphatic rings. The van der Waals surface area contributed by atoms with Gasteiger partial charge in [0.2, 0.25) is 5.91 Å². The Morgan fingerprint density at radius 1 is 1.44 bits per heavy atom. The van der Waals surface area contributed by atoms with E-state index < -0.39 is 0 Å². The van der Waals surface area contributed by atoms with Gasteiger partial charge < -0.3 is 10.6 Å². The van der Waals surface area contributed by atoms with Crippen molar-refractivity contribution in [1.82, 2.24) is 10.6 Å². The molecule has 0 saturated carbocycles. The zero-order chi connectivity index (χ0) is 12.0. The summed E-state index contributed by atoms with van der Waals surface area (Å²) in [5, 5.41) is 6.01. The Morgan fingerprint density at radius 3 is 2.75 bits per heavy atom. The zero-order valence-electron chi connectivity index (χ0n) is 10.2. The highest BCUT2D eigenvalue weighted by Crippen LogP contribution is 2.14. The molecule has 1 amide bonds. The van der Waals surface area contributed by atoms with Crippen LogP contribution >= 0.6 is 11.3 Å². The summed E-state index contributed by atoms with van der Waals surface area (Å²) in [7, 11) is 0. The van der Waals surface area contributed by atoms with Crippen LogP contribution in [0, 0.1) is 12.8 Å². The SMILES string of the molecule is Cc1ccc(CNCC(=O)NCC(C)C)s1. The first-order valence-corrected chi connectivity index (χ1v) is 6.42. The Balaban J connectivity index is 2.13. The Hall–Kier alpha value is -0.870. The molecular weight excluding hydrogens is 220 g/mol. The van der Waals surface area contributed by atoms with Gasteiger partial charge in [-0.05, 0) is 25.0 Å². The summed E-state index contributed by atoms with van der Waals surface area (Å²) in [6, 6.07) is 4.19. The Kier molecular flexibility index (Phi) is 5.49. The van der Waals surface area contributed by atoms with Crippen LogP contribution in [0.4, 0.5) is 0 Å². The second-order valence-electron chi connectivity index (χ2n) is 4.31. The van der Waals surface area contributed by atoms with Crippen molar-refractivity contribution in [3.8, 4) is 0 Å². The molecule has 0 unspecified atom stereocenters. The number of hydrogen-bond acceptors (Lipinski definition) is 3. The predicted molar refractivity (Wildman–Crippen MR) is 68.6 cm³/mol. The first kappa shape index (κ1) is 13.2. The molecule has 0 spiro atoms. The molecule has 1 heterocycles. The quantitative estimate of drug-likeness (QED) is 0.797. The van der Waals surface area contributed by atoms with Crippen LogP contribution in [0.3, 0.4) is 0 Å². The molecule has 0 aliphatic carbocycles. The lowest BCUT2D eigenvalue weighted by molar-refractivity contribution is -0.120. The van der Waals surface area contributed by atoms with Crippen molar-refractivity contribution in [3.63, 3.8) is 0 Å². The summed E-state index contributed by atoms with van der Waals surface area (Å²) in [5.41, 5.74) is 0. The van der Waals surface area contributed by atoms with Gasteiger partial charge in [-0.15, -0.1) is 11.3 Å². The fraction of sp³-hybridized carbons (Fsp3) is 0.583. The minimum atomic E-state index is 0.0713. The van der Waals surface area contributed by atoms with Crippen molar-refractivity contribution >= 4 is 17.2 Å². The lowest BCUT2D eigenvalue weighted by atomic mass is 10.2. The monoisotopic (exact) mass is 240 g/mol. The molecule has 0 fully saturated rings. The van der Waals surface area contributed by atoms with Crippen LogP contribution in [-0.2, 0) is 11.3 Å². The molecule has 90 valence electrons. The molecule has 1 aromatic rings. The van der Waals surface area contributed by atoms with Gasteiger partial charge in [0.05, 0.1) is 6.54 Å². The first-order chi connectivity index (χ1) is 7.58. The zero-order valence-corrected chi connectivity index (χ0v) is 11.0. The van der Waals surface area contributed by atoms with E-state index in [0.717, 1.165) is 13.1 Å². The third-order valence-corrected chi connectivity index (χ3v) is 3.09. The second-order valence-corrected chi connectivity index (χ2v) is 5.69. The van der Waals surface area contributed by atoms with Gasteiger partial charge >= 0.3 is 0 Å². The highest BCUT2D eigenvalue weighted by Gasteiger charge is 2.02. The number of hydrogen-bond donors (Lipinski definition) is 2. The smallest absolute Gasteiger partial charge is 0.233 e. The molecule has 3 nitrogen and oxygen atoms in total. The van der Waals surface area contributed by atoms with Gasteiger partial charge in [0.25, 0.3) is 0 Å². The van der Waals surface area contributed by atoms with Crippen molar-refractivity contribution in [2.75, 3.05) is 13.1 Å². The number of nitrogens with one attached hydrogen (secondary N) is 2. The summed E-state index contributed by atoms with van der Waals surface area (Å²) >= 11 is 1.76. The topological polar surface area (TPSA) is 41.1 Å². The van der Waals surface area contributed by atoms with Gasteiger partial charge in [-0.2, -0.15) is 0 Å². The van der Waals surface area contributed by atoms with Crippen molar-refractivity contribution in [1.29, 1.82) is 0 Å². The van der Waals surface area contributed by atoms with Crippen LogP contribution in [0.15, 0.2) is 12.1 Å².